The quantitative estimate of drug-likeness (QED) is 0.395. The van der Waals surface area contributed by atoms with Crippen molar-refractivity contribution in [3.63, 3.8) is 0 Å². The number of aryl methyl sites for hydroxylation is 2. The van der Waals surface area contributed by atoms with Crippen LogP contribution in [-0.2, 0) is 22.4 Å². The van der Waals surface area contributed by atoms with Crippen molar-refractivity contribution in [1.82, 2.24) is 0 Å². The summed E-state index contributed by atoms with van der Waals surface area (Å²) in [5, 5.41) is 3.54. The lowest BCUT2D eigenvalue weighted by molar-refractivity contribution is -0.111. The van der Waals surface area contributed by atoms with Gasteiger partial charge in [0.15, 0.2) is 0 Å². The van der Waals surface area contributed by atoms with Gasteiger partial charge >= 0.3 is 5.97 Å². The normalized spacial score (nSPS) is 13.8. The lowest BCUT2D eigenvalue weighted by atomic mass is 10.1. The zero-order valence-corrected chi connectivity index (χ0v) is 17.4. The molecule has 0 atom stereocenters. The number of rotatable bonds is 6. The van der Waals surface area contributed by atoms with Gasteiger partial charge in [0.1, 0.15) is 5.00 Å². The molecule has 1 aliphatic carbocycles. The zero-order chi connectivity index (χ0) is 19.9. The SMILES string of the molecule is CCCOC(=O)c1c(NC(=O)C=Cc2ccc(C)cc2)sc2c1CCCCC2. The van der Waals surface area contributed by atoms with Gasteiger partial charge in [-0.3, -0.25) is 4.79 Å². The van der Waals surface area contributed by atoms with Gasteiger partial charge in [-0.25, -0.2) is 4.79 Å². The van der Waals surface area contributed by atoms with Gasteiger partial charge in [0.25, 0.3) is 0 Å². The Bertz CT molecular complexity index is 865. The van der Waals surface area contributed by atoms with Gasteiger partial charge in [0.2, 0.25) is 5.91 Å². The summed E-state index contributed by atoms with van der Waals surface area (Å²) >= 11 is 1.52. The van der Waals surface area contributed by atoms with Crippen molar-refractivity contribution in [2.24, 2.45) is 0 Å². The smallest absolute Gasteiger partial charge is 0.341 e. The van der Waals surface area contributed by atoms with Crippen LogP contribution in [-0.4, -0.2) is 18.5 Å². The average Bonchev–Trinajstić information content (AvgIpc) is 2.86. The summed E-state index contributed by atoms with van der Waals surface area (Å²) in [6.07, 6.45) is 9.26. The minimum Gasteiger partial charge on any atom is -0.462 e. The Kier molecular flexibility index (Phi) is 7.04. The second kappa shape index (κ2) is 9.69. The summed E-state index contributed by atoms with van der Waals surface area (Å²) in [6, 6.07) is 7.96. The highest BCUT2D eigenvalue weighted by atomic mass is 32.1. The average molecular weight is 398 g/mol. The Balaban J connectivity index is 1.80. The summed E-state index contributed by atoms with van der Waals surface area (Å²) in [7, 11) is 0. The summed E-state index contributed by atoms with van der Waals surface area (Å²) < 4.78 is 5.40. The molecule has 1 aliphatic rings. The molecule has 0 saturated carbocycles. The molecule has 0 fully saturated rings. The number of ether oxygens (including phenoxy) is 1. The van der Waals surface area contributed by atoms with Crippen molar-refractivity contribution in [2.45, 2.75) is 52.4 Å². The van der Waals surface area contributed by atoms with E-state index in [0.29, 0.717) is 17.2 Å². The number of hydrogen-bond acceptors (Lipinski definition) is 4. The van der Waals surface area contributed by atoms with Crippen LogP contribution >= 0.6 is 11.3 Å². The van der Waals surface area contributed by atoms with E-state index in [-0.39, 0.29) is 11.9 Å². The van der Waals surface area contributed by atoms with Gasteiger partial charge in [-0.15, -0.1) is 11.3 Å². The number of fused-ring (bicyclic) bond motifs is 1. The van der Waals surface area contributed by atoms with E-state index in [4.69, 9.17) is 4.74 Å². The zero-order valence-electron chi connectivity index (χ0n) is 16.5. The minimum atomic E-state index is -0.320. The summed E-state index contributed by atoms with van der Waals surface area (Å²) in [5.74, 6) is -0.555. The van der Waals surface area contributed by atoms with Gasteiger partial charge in [0, 0.05) is 11.0 Å². The molecule has 0 unspecified atom stereocenters. The largest absolute Gasteiger partial charge is 0.462 e. The standard InChI is InChI=1S/C23H27NO3S/c1-3-15-27-23(26)21-18-7-5-4-6-8-19(18)28-22(21)24-20(25)14-13-17-11-9-16(2)10-12-17/h9-14H,3-8,15H2,1-2H3,(H,24,25). The maximum absolute atomic E-state index is 12.7. The molecule has 1 heterocycles. The molecule has 0 aliphatic heterocycles. The van der Waals surface area contributed by atoms with Gasteiger partial charge < -0.3 is 10.1 Å². The number of benzene rings is 1. The molecule has 1 aromatic heterocycles. The van der Waals surface area contributed by atoms with Crippen molar-refractivity contribution >= 4 is 34.3 Å². The highest BCUT2D eigenvalue weighted by Gasteiger charge is 2.26. The third-order valence-electron chi connectivity index (χ3n) is 4.80. The molecular formula is C23H27NO3S. The second-order valence-electron chi connectivity index (χ2n) is 7.14. The molecule has 2 aromatic rings. The van der Waals surface area contributed by atoms with E-state index in [0.717, 1.165) is 43.2 Å². The summed E-state index contributed by atoms with van der Waals surface area (Å²) in [6.45, 7) is 4.39. The predicted octanol–water partition coefficient (Wildman–Crippen LogP) is 5.54. The third kappa shape index (κ3) is 5.10. The molecule has 148 valence electrons. The molecule has 0 bridgehead atoms. The van der Waals surface area contributed by atoms with Gasteiger partial charge in [-0.2, -0.15) is 0 Å². The number of amides is 1. The Morgan fingerprint density at radius 2 is 1.89 bits per heavy atom. The number of hydrogen-bond donors (Lipinski definition) is 1. The van der Waals surface area contributed by atoms with Crippen molar-refractivity contribution in [2.75, 3.05) is 11.9 Å². The topological polar surface area (TPSA) is 55.4 Å². The molecule has 4 nitrogen and oxygen atoms in total. The molecular weight excluding hydrogens is 370 g/mol. The Labute approximate surface area is 170 Å². The van der Waals surface area contributed by atoms with Gasteiger partial charge in [-0.05, 0) is 56.2 Å². The molecule has 0 saturated heterocycles. The fourth-order valence-corrected chi connectivity index (χ4v) is 4.60. The van der Waals surface area contributed by atoms with Crippen LogP contribution in [0, 0.1) is 6.92 Å². The van der Waals surface area contributed by atoms with E-state index in [1.807, 2.05) is 38.1 Å². The lowest BCUT2D eigenvalue weighted by Gasteiger charge is -2.08. The molecule has 5 heteroatoms. The first-order chi connectivity index (χ1) is 13.6. The Hall–Kier alpha value is -2.40. The van der Waals surface area contributed by atoms with Crippen LogP contribution in [0.4, 0.5) is 5.00 Å². The highest BCUT2D eigenvalue weighted by Crippen LogP contribution is 2.38. The molecule has 0 radical (unpaired) electrons. The van der Waals surface area contributed by atoms with Gasteiger partial charge in [-0.1, -0.05) is 43.2 Å². The fraction of sp³-hybridized carbons (Fsp3) is 0.391. The van der Waals surface area contributed by atoms with E-state index >= 15 is 0 Å². The van der Waals surface area contributed by atoms with Crippen LogP contribution in [0.5, 0.6) is 0 Å². The fourth-order valence-electron chi connectivity index (χ4n) is 3.32. The van der Waals surface area contributed by atoms with Crippen LogP contribution in [0.2, 0.25) is 0 Å². The van der Waals surface area contributed by atoms with Crippen molar-refractivity contribution in [1.29, 1.82) is 0 Å². The lowest BCUT2D eigenvalue weighted by Crippen LogP contribution is -2.13. The number of nitrogens with one attached hydrogen (secondary N) is 1. The first kappa shape index (κ1) is 20.3. The molecule has 1 N–H and O–H groups in total. The van der Waals surface area contributed by atoms with Crippen molar-refractivity contribution in [3.8, 4) is 0 Å². The minimum absolute atomic E-state index is 0.235. The molecule has 1 aromatic carbocycles. The van der Waals surface area contributed by atoms with E-state index in [1.54, 1.807) is 6.08 Å². The number of anilines is 1. The third-order valence-corrected chi connectivity index (χ3v) is 6.01. The maximum Gasteiger partial charge on any atom is 0.341 e. The van der Waals surface area contributed by atoms with Crippen molar-refractivity contribution in [3.05, 3.63) is 57.5 Å². The van der Waals surface area contributed by atoms with Crippen LogP contribution in [0.25, 0.3) is 6.08 Å². The Morgan fingerprint density at radius 1 is 1.14 bits per heavy atom. The second-order valence-corrected chi connectivity index (χ2v) is 8.24. The molecule has 28 heavy (non-hydrogen) atoms. The number of thiophene rings is 1. The predicted molar refractivity (Wildman–Crippen MR) is 115 cm³/mol. The van der Waals surface area contributed by atoms with E-state index in [1.165, 1.54) is 34.3 Å². The van der Waals surface area contributed by atoms with Crippen LogP contribution in [0.15, 0.2) is 30.3 Å². The van der Waals surface area contributed by atoms with Crippen LogP contribution in [0.1, 0.15) is 64.5 Å². The molecule has 1 amide bonds. The maximum atomic E-state index is 12.7. The van der Waals surface area contributed by atoms with Crippen molar-refractivity contribution < 1.29 is 14.3 Å². The van der Waals surface area contributed by atoms with E-state index in [2.05, 4.69) is 5.32 Å². The van der Waals surface area contributed by atoms with E-state index < -0.39 is 0 Å². The molecule has 0 spiro atoms. The number of esters is 1. The van der Waals surface area contributed by atoms with Crippen LogP contribution < -0.4 is 5.32 Å². The first-order valence-electron chi connectivity index (χ1n) is 9.96. The number of carbonyl (C=O) groups is 2. The summed E-state index contributed by atoms with van der Waals surface area (Å²) in [5.41, 5.74) is 3.77. The first-order valence-corrected chi connectivity index (χ1v) is 10.8. The van der Waals surface area contributed by atoms with E-state index in [9.17, 15) is 9.59 Å². The summed E-state index contributed by atoms with van der Waals surface area (Å²) in [4.78, 5) is 26.4. The van der Waals surface area contributed by atoms with Crippen LogP contribution in [0.3, 0.4) is 0 Å². The Morgan fingerprint density at radius 3 is 2.64 bits per heavy atom. The monoisotopic (exact) mass is 397 g/mol. The molecule has 3 rings (SSSR count). The highest BCUT2D eigenvalue weighted by molar-refractivity contribution is 7.17. The van der Waals surface area contributed by atoms with Gasteiger partial charge in [0.05, 0.1) is 12.2 Å². The number of carbonyl (C=O) groups excluding carboxylic acids is 2.